The van der Waals surface area contributed by atoms with Crippen LogP contribution in [-0.4, -0.2) is 5.17 Å². The van der Waals surface area contributed by atoms with Crippen LogP contribution in [0, 0.1) is 5.92 Å². The molecule has 1 atom stereocenters. The maximum absolute atomic E-state index is 5.84. The third kappa shape index (κ3) is 2.81. The lowest BCUT2D eigenvalue weighted by atomic mass is 10.1. The molecule has 0 saturated heterocycles. The molecule has 0 aromatic rings. The van der Waals surface area contributed by atoms with Crippen molar-refractivity contribution >= 4 is 40.0 Å². The van der Waals surface area contributed by atoms with Crippen LogP contribution >= 0.6 is 34.8 Å². The van der Waals surface area contributed by atoms with E-state index in [1.54, 1.807) is 6.08 Å². The highest BCUT2D eigenvalue weighted by molar-refractivity contribution is 6.66. The predicted octanol–water partition coefficient (Wildman–Crippen LogP) is 3.87. The Hall–Kier alpha value is 0.0200. The molecule has 12 heavy (non-hydrogen) atoms. The third-order valence-corrected chi connectivity index (χ3v) is 2.46. The number of allylic oxidation sites excluding steroid dienone is 3. The van der Waals surface area contributed by atoms with Crippen molar-refractivity contribution in [1.29, 1.82) is 0 Å². The second-order valence-corrected chi connectivity index (χ2v) is 3.84. The van der Waals surface area contributed by atoms with Gasteiger partial charge in [0.15, 0.2) is 0 Å². The summed E-state index contributed by atoms with van der Waals surface area (Å²) in [6.07, 6.45) is 4.25. The summed E-state index contributed by atoms with van der Waals surface area (Å²) < 4.78 is 0. The normalized spacial score (nSPS) is 33.7. The van der Waals surface area contributed by atoms with E-state index < -0.39 is 0 Å². The van der Waals surface area contributed by atoms with Gasteiger partial charge in [-0.25, -0.2) is 4.99 Å². The zero-order valence-corrected chi connectivity index (χ0v) is 8.79. The molecule has 0 fully saturated rings. The summed E-state index contributed by atoms with van der Waals surface area (Å²) in [5.74, 6) is 0.183. The molecule has 1 aliphatic rings. The van der Waals surface area contributed by atoms with Crippen LogP contribution in [0.5, 0.6) is 0 Å². The Morgan fingerprint density at radius 3 is 2.75 bits per heavy atom. The van der Waals surface area contributed by atoms with Crippen molar-refractivity contribution in [2.24, 2.45) is 10.9 Å². The lowest BCUT2D eigenvalue weighted by Gasteiger charge is -2.08. The molecular formula is C8H8Cl3N. The molecule has 0 bridgehead atoms. The standard InChI is InChI=1S/C8H8Cl3N/c1-5-2-3-6(9)4-7(10)12-8(5)11/h3-5H,2H2,1H3/b6-3-,7-4-,12-8?. The van der Waals surface area contributed by atoms with Crippen molar-refractivity contribution in [3.05, 3.63) is 22.3 Å². The largest absolute Gasteiger partial charge is 0.229 e. The first-order chi connectivity index (χ1) is 5.59. The van der Waals surface area contributed by atoms with Crippen LogP contribution in [0.1, 0.15) is 13.3 Å². The second-order valence-electron chi connectivity index (χ2n) is 2.63. The van der Waals surface area contributed by atoms with Crippen LogP contribution in [0.25, 0.3) is 0 Å². The number of halogens is 3. The van der Waals surface area contributed by atoms with E-state index in [9.17, 15) is 0 Å². The fourth-order valence-corrected chi connectivity index (χ4v) is 1.48. The van der Waals surface area contributed by atoms with Crippen LogP contribution in [-0.2, 0) is 0 Å². The summed E-state index contributed by atoms with van der Waals surface area (Å²) in [6.45, 7) is 1.97. The van der Waals surface area contributed by atoms with Gasteiger partial charge in [0, 0.05) is 11.0 Å². The van der Waals surface area contributed by atoms with E-state index in [1.165, 1.54) is 0 Å². The smallest absolute Gasteiger partial charge is 0.131 e. The van der Waals surface area contributed by atoms with E-state index in [0.717, 1.165) is 6.42 Å². The van der Waals surface area contributed by atoms with Crippen molar-refractivity contribution in [3.8, 4) is 0 Å². The molecule has 1 nitrogen and oxygen atoms in total. The highest BCUT2D eigenvalue weighted by Crippen LogP contribution is 2.21. The number of nitrogens with zero attached hydrogens (tertiary/aromatic N) is 1. The molecule has 1 heterocycles. The van der Waals surface area contributed by atoms with Gasteiger partial charge >= 0.3 is 0 Å². The molecule has 0 saturated carbocycles. The van der Waals surface area contributed by atoms with Crippen molar-refractivity contribution < 1.29 is 0 Å². The first kappa shape index (κ1) is 10.1. The molecule has 4 heteroatoms. The summed E-state index contributed by atoms with van der Waals surface area (Å²) in [5, 5.41) is 1.46. The SMILES string of the molecule is CC1C/C=C(Cl)/C=C(/Cl)N=C1Cl. The first-order valence-corrected chi connectivity index (χ1v) is 4.70. The quantitative estimate of drug-likeness (QED) is 0.554. The average Bonchev–Trinajstić information content (AvgIpc) is 1.98. The maximum atomic E-state index is 5.84. The van der Waals surface area contributed by atoms with Gasteiger partial charge in [0.05, 0.1) is 0 Å². The van der Waals surface area contributed by atoms with Crippen molar-refractivity contribution in [1.82, 2.24) is 0 Å². The van der Waals surface area contributed by atoms with E-state index in [0.29, 0.717) is 15.4 Å². The molecule has 0 aromatic heterocycles. The zero-order valence-electron chi connectivity index (χ0n) is 6.52. The van der Waals surface area contributed by atoms with Gasteiger partial charge in [0.2, 0.25) is 0 Å². The average molecular weight is 225 g/mol. The topological polar surface area (TPSA) is 12.4 Å². The third-order valence-electron chi connectivity index (χ3n) is 1.54. The minimum atomic E-state index is 0.183. The Kier molecular flexibility index (Phi) is 3.63. The van der Waals surface area contributed by atoms with Crippen LogP contribution < -0.4 is 0 Å². The Morgan fingerprint density at radius 2 is 2.08 bits per heavy atom. The lowest BCUT2D eigenvalue weighted by Crippen LogP contribution is -2.04. The van der Waals surface area contributed by atoms with E-state index in [1.807, 2.05) is 13.0 Å². The second kappa shape index (κ2) is 4.31. The lowest BCUT2D eigenvalue weighted by molar-refractivity contribution is 0.798. The van der Waals surface area contributed by atoms with Gasteiger partial charge in [-0.2, -0.15) is 0 Å². The minimum Gasteiger partial charge on any atom is -0.229 e. The number of hydrogen-bond acceptors (Lipinski definition) is 1. The van der Waals surface area contributed by atoms with Gasteiger partial charge in [-0.15, -0.1) is 0 Å². The molecule has 0 radical (unpaired) electrons. The molecule has 0 aliphatic carbocycles. The maximum Gasteiger partial charge on any atom is 0.131 e. The molecule has 0 aromatic carbocycles. The van der Waals surface area contributed by atoms with Crippen LogP contribution in [0.4, 0.5) is 0 Å². The summed E-state index contributed by atoms with van der Waals surface area (Å²) in [4.78, 5) is 3.95. The van der Waals surface area contributed by atoms with Crippen LogP contribution in [0.15, 0.2) is 27.3 Å². The number of aliphatic imine (C=N–C) groups is 1. The first-order valence-electron chi connectivity index (χ1n) is 3.56. The summed E-state index contributed by atoms with van der Waals surface area (Å²) in [5.41, 5.74) is 0. The Bertz CT molecular complexity index is 265. The fourth-order valence-electron chi connectivity index (χ4n) is 0.804. The Balaban J connectivity index is 2.96. The van der Waals surface area contributed by atoms with Gasteiger partial charge in [-0.05, 0) is 12.5 Å². The molecule has 0 N–H and O–H groups in total. The van der Waals surface area contributed by atoms with E-state index in [4.69, 9.17) is 34.8 Å². The monoisotopic (exact) mass is 223 g/mol. The minimum absolute atomic E-state index is 0.183. The fraction of sp³-hybridized carbons (Fsp3) is 0.375. The van der Waals surface area contributed by atoms with E-state index >= 15 is 0 Å². The van der Waals surface area contributed by atoms with Crippen molar-refractivity contribution in [2.75, 3.05) is 0 Å². The van der Waals surface area contributed by atoms with Crippen molar-refractivity contribution in [3.63, 3.8) is 0 Å². The zero-order chi connectivity index (χ0) is 9.14. The molecule has 1 unspecified atom stereocenters. The van der Waals surface area contributed by atoms with Crippen LogP contribution in [0.3, 0.4) is 0 Å². The highest BCUT2D eigenvalue weighted by Gasteiger charge is 2.09. The van der Waals surface area contributed by atoms with Gasteiger partial charge < -0.3 is 0 Å². The molecular weight excluding hydrogens is 216 g/mol. The van der Waals surface area contributed by atoms with Crippen LogP contribution in [0.2, 0.25) is 0 Å². The highest BCUT2D eigenvalue weighted by atomic mass is 35.5. The summed E-state index contributed by atoms with van der Waals surface area (Å²) in [6, 6.07) is 0. The molecule has 66 valence electrons. The Labute approximate surface area is 86.7 Å². The predicted molar refractivity (Wildman–Crippen MR) is 54.9 cm³/mol. The molecule has 1 rings (SSSR count). The van der Waals surface area contributed by atoms with E-state index in [-0.39, 0.29) is 5.92 Å². The van der Waals surface area contributed by atoms with Crippen molar-refractivity contribution in [2.45, 2.75) is 13.3 Å². The summed E-state index contributed by atoms with van der Waals surface area (Å²) >= 11 is 17.3. The summed E-state index contributed by atoms with van der Waals surface area (Å²) in [7, 11) is 0. The van der Waals surface area contributed by atoms with Gasteiger partial charge in [0.1, 0.15) is 10.3 Å². The number of hydrogen-bond donors (Lipinski definition) is 0. The van der Waals surface area contributed by atoms with E-state index in [2.05, 4.69) is 4.99 Å². The molecule has 0 amide bonds. The number of rotatable bonds is 0. The molecule has 1 aliphatic heterocycles. The van der Waals surface area contributed by atoms with Gasteiger partial charge in [0.25, 0.3) is 0 Å². The van der Waals surface area contributed by atoms with Gasteiger partial charge in [-0.1, -0.05) is 47.8 Å². The van der Waals surface area contributed by atoms with Gasteiger partial charge in [-0.3, -0.25) is 0 Å². The Morgan fingerprint density at radius 1 is 1.42 bits per heavy atom. The molecule has 0 spiro atoms.